The monoisotopic (exact) mass is 384 g/mol. The Balaban J connectivity index is -0.000000320. The van der Waals surface area contributed by atoms with Crippen molar-refractivity contribution >= 4 is 12.6 Å². The van der Waals surface area contributed by atoms with Gasteiger partial charge in [0.2, 0.25) is 0 Å². The van der Waals surface area contributed by atoms with Gasteiger partial charge in [0, 0.05) is 12.5 Å². The van der Waals surface area contributed by atoms with Gasteiger partial charge >= 0.3 is 0 Å². The van der Waals surface area contributed by atoms with E-state index < -0.39 is 0 Å². The van der Waals surface area contributed by atoms with Gasteiger partial charge in [0.25, 0.3) is 0 Å². The third-order valence-electron chi connectivity index (χ3n) is 4.70. The van der Waals surface area contributed by atoms with E-state index in [1.807, 2.05) is 13.0 Å². The number of hydrogen-bond donors (Lipinski definition) is 1. The van der Waals surface area contributed by atoms with Crippen LogP contribution < -0.4 is 0 Å². The normalized spacial score (nSPS) is 12.8. The molecule has 2 unspecified atom stereocenters. The fraction of sp³-hybridized carbons (Fsp3) is 0.833. The van der Waals surface area contributed by atoms with Crippen LogP contribution in [0.5, 0.6) is 0 Å². The molecular weight excluding hydrogens is 336 g/mol. The molecule has 0 spiro atoms. The first kappa shape index (κ1) is 30.8. The Labute approximate surface area is 170 Å². The van der Waals surface area contributed by atoms with Gasteiger partial charge in [-0.2, -0.15) is 0 Å². The van der Waals surface area contributed by atoms with Gasteiger partial charge in [0.05, 0.1) is 0 Å². The van der Waals surface area contributed by atoms with Gasteiger partial charge in [-0.25, -0.2) is 0 Å². The first-order chi connectivity index (χ1) is 13.0. The molecule has 162 valence electrons. The summed E-state index contributed by atoms with van der Waals surface area (Å²) >= 11 is 0. The smallest absolute Gasteiger partial charge is 0.145 e. The Morgan fingerprint density at radius 1 is 0.852 bits per heavy atom. The van der Waals surface area contributed by atoms with Crippen LogP contribution >= 0.6 is 0 Å². The number of aliphatic hydroxyl groups is 1. The maximum absolute atomic E-state index is 10.2. The Hall–Kier alpha value is -0.960. The molecule has 0 aromatic carbocycles. The van der Waals surface area contributed by atoms with Crippen molar-refractivity contribution in [2.45, 2.75) is 112 Å². The van der Waals surface area contributed by atoms with Crippen molar-refractivity contribution in [2.24, 2.45) is 11.8 Å². The molecule has 27 heavy (non-hydrogen) atoms. The highest BCUT2D eigenvalue weighted by atomic mass is 16.3. The number of carbonyl (C=O) groups excluding carboxylic acids is 2. The number of aldehydes is 2. The minimum atomic E-state index is 0.324. The molecule has 3 nitrogen and oxygen atoms in total. The molecule has 0 aromatic heterocycles. The van der Waals surface area contributed by atoms with Crippen LogP contribution in [-0.4, -0.2) is 24.3 Å². The predicted molar refractivity (Wildman–Crippen MR) is 119 cm³/mol. The van der Waals surface area contributed by atoms with E-state index >= 15 is 0 Å². The summed E-state index contributed by atoms with van der Waals surface area (Å²) in [7, 11) is 0. The predicted octanol–water partition coefficient (Wildman–Crippen LogP) is 6.92. The van der Waals surface area contributed by atoms with Crippen LogP contribution in [0, 0.1) is 11.8 Å². The van der Waals surface area contributed by atoms with Gasteiger partial charge in [-0.3, -0.25) is 4.79 Å². The van der Waals surface area contributed by atoms with E-state index in [1.54, 1.807) is 0 Å². The van der Waals surface area contributed by atoms with Crippen LogP contribution in [-0.2, 0) is 9.59 Å². The first-order valence-electron chi connectivity index (χ1n) is 11.2. The van der Waals surface area contributed by atoms with E-state index in [0.717, 1.165) is 56.7 Å². The van der Waals surface area contributed by atoms with Gasteiger partial charge in [0.1, 0.15) is 12.6 Å². The van der Waals surface area contributed by atoms with Gasteiger partial charge < -0.3 is 9.90 Å². The zero-order valence-electron chi connectivity index (χ0n) is 19.1. The summed E-state index contributed by atoms with van der Waals surface area (Å²) in [5.74, 6) is 0.884. The highest BCUT2D eigenvalue weighted by molar-refractivity contribution is 5.72. The molecule has 0 fully saturated rings. The molecule has 0 saturated carbocycles. The summed E-state index contributed by atoms with van der Waals surface area (Å²) in [6.07, 6.45) is 16.3. The number of allylic oxidation sites excluding steroid dienone is 2. The highest BCUT2D eigenvalue weighted by Crippen LogP contribution is 2.10. The van der Waals surface area contributed by atoms with Crippen LogP contribution in [0.4, 0.5) is 0 Å². The first-order valence-corrected chi connectivity index (χ1v) is 11.2. The molecule has 3 heteroatoms. The fourth-order valence-electron chi connectivity index (χ4n) is 2.36. The number of hydrogen-bond acceptors (Lipinski definition) is 3. The van der Waals surface area contributed by atoms with Crippen LogP contribution in [0.2, 0.25) is 0 Å². The molecule has 2 atom stereocenters. The maximum Gasteiger partial charge on any atom is 0.145 e. The molecule has 0 amide bonds. The van der Waals surface area contributed by atoms with E-state index in [9.17, 15) is 9.59 Å². The Kier molecular flexibility index (Phi) is 31.1. The number of carbonyl (C=O) groups is 2. The molecule has 0 bridgehead atoms. The van der Waals surface area contributed by atoms with Gasteiger partial charge in [0.15, 0.2) is 0 Å². The van der Waals surface area contributed by atoms with Gasteiger partial charge in [-0.15, -0.1) is 0 Å². The topological polar surface area (TPSA) is 54.4 Å². The summed E-state index contributed by atoms with van der Waals surface area (Å²) in [5, 5.41) is 8.75. The number of rotatable bonds is 14. The average Bonchev–Trinajstić information content (AvgIpc) is 2.71. The minimum absolute atomic E-state index is 0.324. The van der Waals surface area contributed by atoms with Crippen molar-refractivity contribution in [3.63, 3.8) is 0 Å². The van der Waals surface area contributed by atoms with Crippen LogP contribution in [0.3, 0.4) is 0 Å². The Bertz CT molecular complexity index is 320. The second-order valence-corrected chi connectivity index (χ2v) is 7.08. The van der Waals surface area contributed by atoms with Gasteiger partial charge in [-0.05, 0) is 43.6 Å². The molecule has 0 aliphatic rings. The lowest BCUT2D eigenvalue weighted by molar-refractivity contribution is -0.111. The zero-order chi connectivity index (χ0) is 21.3. The molecule has 0 radical (unpaired) electrons. The second kappa shape index (κ2) is 27.3. The van der Waals surface area contributed by atoms with E-state index in [1.165, 1.54) is 32.1 Å². The number of unbranched alkanes of at least 4 members (excludes halogenated alkanes) is 3. The van der Waals surface area contributed by atoms with Crippen LogP contribution in [0.15, 0.2) is 11.6 Å². The van der Waals surface area contributed by atoms with Crippen molar-refractivity contribution < 1.29 is 14.7 Å². The summed E-state index contributed by atoms with van der Waals surface area (Å²) < 4.78 is 0. The third-order valence-corrected chi connectivity index (χ3v) is 4.70. The number of aliphatic hydroxyl groups excluding tert-OH is 1. The molecular formula is C24H48O3. The van der Waals surface area contributed by atoms with E-state index in [-0.39, 0.29) is 0 Å². The zero-order valence-corrected chi connectivity index (χ0v) is 19.1. The maximum atomic E-state index is 10.2. The summed E-state index contributed by atoms with van der Waals surface area (Å²) in [5.41, 5.74) is 0.928. The summed E-state index contributed by atoms with van der Waals surface area (Å²) in [4.78, 5) is 20.4. The SMILES string of the molecule is CCCC=C(C=O)CC.CCCCC(C=O)CC.CCCCC(CC)CO. The van der Waals surface area contributed by atoms with E-state index in [4.69, 9.17) is 5.11 Å². The Morgan fingerprint density at radius 3 is 1.78 bits per heavy atom. The lowest BCUT2D eigenvalue weighted by Crippen LogP contribution is -2.03. The van der Waals surface area contributed by atoms with Gasteiger partial charge in [-0.1, -0.05) is 86.1 Å². The molecule has 0 rings (SSSR count). The van der Waals surface area contributed by atoms with Crippen molar-refractivity contribution in [3.05, 3.63) is 11.6 Å². The Morgan fingerprint density at radius 2 is 1.44 bits per heavy atom. The molecule has 0 aliphatic carbocycles. The minimum Gasteiger partial charge on any atom is -0.396 e. The van der Waals surface area contributed by atoms with E-state index in [0.29, 0.717) is 18.4 Å². The van der Waals surface area contributed by atoms with Crippen molar-refractivity contribution in [1.82, 2.24) is 0 Å². The van der Waals surface area contributed by atoms with Crippen LogP contribution in [0.1, 0.15) is 112 Å². The van der Waals surface area contributed by atoms with Crippen molar-refractivity contribution in [1.29, 1.82) is 0 Å². The highest BCUT2D eigenvalue weighted by Gasteiger charge is 2.02. The molecule has 0 aromatic rings. The standard InChI is InChI=1S/C8H18O.C8H16O.C8H14O/c3*1-3-5-6-8(4-2)7-9/h8-9H,3-7H2,1-2H3;7-8H,3-6H2,1-2H3;6-7H,3-5H2,1-2H3. The van der Waals surface area contributed by atoms with E-state index in [2.05, 4.69) is 34.6 Å². The lowest BCUT2D eigenvalue weighted by atomic mass is 10.0. The fourth-order valence-corrected chi connectivity index (χ4v) is 2.36. The van der Waals surface area contributed by atoms with Crippen molar-refractivity contribution in [2.75, 3.05) is 6.61 Å². The second-order valence-electron chi connectivity index (χ2n) is 7.08. The van der Waals surface area contributed by atoms with Crippen molar-refractivity contribution in [3.8, 4) is 0 Å². The lowest BCUT2D eigenvalue weighted by Gasteiger charge is -2.08. The molecule has 0 saturated heterocycles. The third kappa shape index (κ3) is 25.0. The average molecular weight is 385 g/mol. The van der Waals surface area contributed by atoms with Crippen LogP contribution in [0.25, 0.3) is 0 Å². The molecule has 0 heterocycles. The summed E-state index contributed by atoms with van der Waals surface area (Å²) in [6.45, 7) is 13.0. The summed E-state index contributed by atoms with van der Waals surface area (Å²) in [6, 6.07) is 0. The quantitative estimate of drug-likeness (QED) is 0.261. The molecule has 0 aliphatic heterocycles. The molecule has 1 N–H and O–H groups in total. The largest absolute Gasteiger partial charge is 0.396 e.